The average Bonchev–Trinajstić information content (AvgIpc) is 2.99. The number of aryl methyl sites for hydroxylation is 2. The second-order valence-corrected chi connectivity index (χ2v) is 6.70. The Balaban J connectivity index is 1.73. The lowest BCUT2D eigenvalue weighted by atomic mass is 10.1. The summed E-state index contributed by atoms with van der Waals surface area (Å²) in [7, 11) is 0. The molecule has 0 saturated heterocycles. The van der Waals surface area contributed by atoms with Crippen molar-refractivity contribution in [3.63, 3.8) is 0 Å². The van der Waals surface area contributed by atoms with Crippen molar-refractivity contribution in [1.29, 1.82) is 0 Å². The first kappa shape index (κ1) is 16.3. The van der Waals surface area contributed by atoms with Crippen LogP contribution < -0.4 is 5.32 Å². The summed E-state index contributed by atoms with van der Waals surface area (Å²) >= 11 is 0. The van der Waals surface area contributed by atoms with Crippen molar-refractivity contribution in [3.05, 3.63) is 83.7 Å². The minimum Gasteiger partial charge on any atom is -0.363 e. The first-order valence-electron chi connectivity index (χ1n) is 8.86. The number of fused-ring (bicyclic) bond motifs is 1. The molecule has 0 aliphatic carbocycles. The molecule has 26 heavy (non-hydrogen) atoms. The van der Waals surface area contributed by atoms with Crippen LogP contribution in [-0.4, -0.2) is 14.8 Å². The summed E-state index contributed by atoms with van der Waals surface area (Å²) < 4.78 is 2.00. The van der Waals surface area contributed by atoms with Gasteiger partial charge in [-0.15, -0.1) is 0 Å². The van der Waals surface area contributed by atoms with Crippen molar-refractivity contribution >= 4 is 16.7 Å². The fraction of sp³-hybridized carbons (Fsp3) is 0.182. The van der Waals surface area contributed by atoms with E-state index in [4.69, 9.17) is 5.10 Å². The summed E-state index contributed by atoms with van der Waals surface area (Å²) in [4.78, 5) is 4.59. The normalized spacial score (nSPS) is 12.3. The smallest absolute Gasteiger partial charge is 0.128 e. The van der Waals surface area contributed by atoms with Crippen LogP contribution >= 0.6 is 0 Å². The molecule has 130 valence electrons. The van der Waals surface area contributed by atoms with Gasteiger partial charge in [-0.25, -0.2) is 9.67 Å². The Morgan fingerprint density at radius 1 is 0.962 bits per heavy atom. The minimum atomic E-state index is 0.178. The van der Waals surface area contributed by atoms with Crippen molar-refractivity contribution in [3.8, 4) is 5.69 Å². The number of pyridine rings is 1. The molecule has 0 spiro atoms. The second-order valence-electron chi connectivity index (χ2n) is 6.70. The molecule has 0 bridgehead atoms. The van der Waals surface area contributed by atoms with Gasteiger partial charge in [0, 0.05) is 23.7 Å². The SMILES string of the molecule is Cc1cccc(-n2nc(C)c3cnc(N[C@@H](C)c4ccccc4)cc32)c1. The largest absolute Gasteiger partial charge is 0.363 e. The highest BCUT2D eigenvalue weighted by Crippen LogP contribution is 2.25. The van der Waals surface area contributed by atoms with Gasteiger partial charge in [0.15, 0.2) is 0 Å². The maximum absolute atomic E-state index is 4.73. The molecule has 0 saturated carbocycles. The number of aromatic nitrogens is 3. The molecule has 2 aromatic carbocycles. The predicted molar refractivity (Wildman–Crippen MR) is 107 cm³/mol. The van der Waals surface area contributed by atoms with Gasteiger partial charge in [0.05, 0.1) is 16.9 Å². The molecule has 0 aliphatic rings. The highest BCUT2D eigenvalue weighted by atomic mass is 15.3. The number of nitrogens with zero attached hydrogens (tertiary/aromatic N) is 3. The zero-order chi connectivity index (χ0) is 18.1. The van der Waals surface area contributed by atoms with Crippen LogP contribution in [0.4, 0.5) is 5.82 Å². The number of hydrogen-bond donors (Lipinski definition) is 1. The number of nitrogens with one attached hydrogen (secondary N) is 1. The standard InChI is InChI=1S/C22H22N4/c1-15-8-7-11-19(12-15)26-21-13-22(23-14-20(21)17(3)25-26)24-16(2)18-9-5-4-6-10-18/h4-14,16H,1-3H3,(H,23,24)/t16-/m0/s1. The maximum Gasteiger partial charge on any atom is 0.128 e. The maximum atomic E-state index is 4.73. The van der Waals surface area contributed by atoms with Crippen molar-refractivity contribution in [2.24, 2.45) is 0 Å². The van der Waals surface area contributed by atoms with Gasteiger partial charge in [-0.3, -0.25) is 0 Å². The molecule has 4 nitrogen and oxygen atoms in total. The summed E-state index contributed by atoms with van der Waals surface area (Å²) in [5.74, 6) is 0.850. The Labute approximate surface area is 153 Å². The van der Waals surface area contributed by atoms with E-state index in [0.717, 1.165) is 28.1 Å². The molecule has 2 aromatic heterocycles. The summed E-state index contributed by atoms with van der Waals surface area (Å²) in [5, 5.41) is 9.30. The number of hydrogen-bond acceptors (Lipinski definition) is 3. The van der Waals surface area contributed by atoms with Gasteiger partial charge in [-0.2, -0.15) is 5.10 Å². The lowest BCUT2D eigenvalue weighted by molar-refractivity contribution is 0.872. The van der Waals surface area contributed by atoms with Gasteiger partial charge in [0.25, 0.3) is 0 Å². The van der Waals surface area contributed by atoms with E-state index in [2.05, 4.69) is 78.7 Å². The molecule has 0 unspecified atom stereocenters. The van der Waals surface area contributed by atoms with Crippen LogP contribution in [0.3, 0.4) is 0 Å². The number of benzene rings is 2. The lowest BCUT2D eigenvalue weighted by Gasteiger charge is -2.15. The first-order chi connectivity index (χ1) is 12.6. The Bertz CT molecular complexity index is 1050. The second kappa shape index (κ2) is 6.64. The number of rotatable bonds is 4. The third-order valence-electron chi connectivity index (χ3n) is 4.66. The van der Waals surface area contributed by atoms with Crippen LogP contribution in [0.1, 0.15) is 29.8 Å². The van der Waals surface area contributed by atoms with Gasteiger partial charge < -0.3 is 5.32 Å². The lowest BCUT2D eigenvalue weighted by Crippen LogP contribution is -2.07. The van der Waals surface area contributed by atoms with E-state index in [9.17, 15) is 0 Å². The Kier molecular flexibility index (Phi) is 4.17. The number of anilines is 1. The van der Waals surface area contributed by atoms with Crippen molar-refractivity contribution in [1.82, 2.24) is 14.8 Å². The first-order valence-corrected chi connectivity index (χ1v) is 8.86. The molecule has 4 heteroatoms. The topological polar surface area (TPSA) is 42.7 Å². The summed E-state index contributed by atoms with van der Waals surface area (Å²) in [6, 6.07) is 21.0. The quantitative estimate of drug-likeness (QED) is 0.553. The molecular weight excluding hydrogens is 320 g/mol. The molecule has 0 radical (unpaired) electrons. The van der Waals surface area contributed by atoms with E-state index in [0.29, 0.717) is 0 Å². The third kappa shape index (κ3) is 3.06. The van der Waals surface area contributed by atoms with Crippen LogP contribution in [0.2, 0.25) is 0 Å². The summed E-state index contributed by atoms with van der Waals surface area (Å²) in [6.07, 6.45) is 1.91. The molecule has 1 N–H and O–H groups in total. The molecule has 0 amide bonds. The highest BCUT2D eigenvalue weighted by molar-refractivity contribution is 5.84. The van der Waals surface area contributed by atoms with Crippen LogP contribution in [0.25, 0.3) is 16.6 Å². The average molecular weight is 342 g/mol. The molecule has 0 aliphatic heterocycles. The van der Waals surface area contributed by atoms with Crippen molar-refractivity contribution in [2.75, 3.05) is 5.32 Å². The molecule has 2 heterocycles. The Hall–Kier alpha value is -3.14. The zero-order valence-corrected chi connectivity index (χ0v) is 15.3. The fourth-order valence-corrected chi connectivity index (χ4v) is 3.24. The van der Waals surface area contributed by atoms with E-state index in [-0.39, 0.29) is 6.04 Å². The summed E-state index contributed by atoms with van der Waals surface area (Å²) in [5.41, 5.74) is 5.56. The monoisotopic (exact) mass is 342 g/mol. The Morgan fingerprint density at radius 3 is 2.54 bits per heavy atom. The van der Waals surface area contributed by atoms with Gasteiger partial charge in [0.2, 0.25) is 0 Å². The van der Waals surface area contributed by atoms with Gasteiger partial charge in [-0.1, -0.05) is 42.5 Å². The molecule has 1 atom stereocenters. The van der Waals surface area contributed by atoms with Crippen LogP contribution in [0.15, 0.2) is 66.9 Å². The molecule has 0 fully saturated rings. The predicted octanol–water partition coefficient (Wildman–Crippen LogP) is 5.21. The van der Waals surface area contributed by atoms with E-state index >= 15 is 0 Å². The van der Waals surface area contributed by atoms with Crippen LogP contribution in [0.5, 0.6) is 0 Å². The highest BCUT2D eigenvalue weighted by Gasteiger charge is 2.12. The van der Waals surface area contributed by atoms with E-state index in [1.54, 1.807) is 0 Å². The molecule has 4 rings (SSSR count). The zero-order valence-electron chi connectivity index (χ0n) is 15.3. The fourth-order valence-electron chi connectivity index (χ4n) is 3.24. The molecular formula is C22H22N4. The van der Waals surface area contributed by atoms with E-state index in [1.807, 2.05) is 23.9 Å². The van der Waals surface area contributed by atoms with E-state index in [1.165, 1.54) is 11.1 Å². The van der Waals surface area contributed by atoms with Crippen LogP contribution in [-0.2, 0) is 0 Å². The van der Waals surface area contributed by atoms with Crippen molar-refractivity contribution < 1.29 is 0 Å². The van der Waals surface area contributed by atoms with Gasteiger partial charge >= 0.3 is 0 Å². The molecule has 4 aromatic rings. The van der Waals surface area contributed by atoms with Gasteiger partial charge in [0.1, 0.15) is 5.82 Å². The van der Waals surface area contributed by atoms with Gasteiger partial charge in [-0.05, 0) is 44.0 Å². The minimum absolute atomic E-state index is 0.178. The van der Waals surface area contributed by atoms with Crippen molar-refractivity contribution in [2.45, 2.75) is 26.8 Å². The third-order valence-corrected chi connectivity index (χ3v) is 4.66. The Morgan fingerprint density at radius 2 is 1.77 bits per heavy atom. The summed E-state index contributed by atoms with van der Waals surface area (Å²) in [6.45, 7) is 6.26. The van der Waals surface area contributed by atoms with E-state index < -0.39 is 0 Å². The van der Waals surface area contributed by atoms with Crippen LogP contribution in [0, 0.1) is 13.8 Å².